The Morgan fingerprint density at radius 2 is 2.19 bits per heavy atom. The number of aliphatic hydroxyl groups is 1. The first-order valence-corrected chi connectivity index (χ1v) is 8.21. The normalized spacial score (nSPS) is 27.6. The molecule has 0 aromatic carbocycles. The van der Waals surface area contributed by atoms with Crippen molar-refractivity contribution in [2.24, 2.45) is 5.41 Å². The highest BCUT2D eigenvalue weighted by Gasteiger charge is 2.48. The van der Waals surface area contributed by atoms with Crippen LogP contribution >= 0.6 is 11.3 Å². The first-order valence-electron chi connectivity index (χ1n) is 7.39. The van der Waals surface area contributed by atoms with E-state index in [-0.39, 0.29) is 29.3 Å². The molecule has 7 heteroatoms. The van der Waals surface area contributed by atoms with Crippen molar-refractivity contribution in [3.8, 4) is 0 Å². The van der Waals surface area contributed by atoms with Gasteiger partial charge in [-0.15, -0.1) is 0 Å². The van der Waals surface area contributed by atoms with E-state index in [0.29, 0.717) is 17.3 Å². The molecule has 1 heterocycles. The van der Waals surface area contributed by atoms with E-state index in [1.165, 1.54) is 17.8 Å². The van der Waals surface area contributed by atoms with Gasteiger partial charge in [0, 0.05) is 17.5 Å². The molecule has 2 fully saturated rings. The molecule has 1 amide bonds. The Morgan fingerprint density at radius 1 is 1.48 bits per heavy atom. The lowest BCUT2D eigenvalue weighted by Gasteiger charge is -2.49. The van der Waals surface area contributed by atoms with E-state index in [1.54, 1.807) is 0 Å². The van der Waals surface area contributed by atoms with Crippen LogP contribution in [0.4, 0.5) is 10.9 Å². The number of nitrogens with two attached hydrogens (primary N) is 1. The molecule has 0 aliphatic heterocycles. The Balaban J connectivity index is 1.64. The number of rotatable bonds is 4. The van der Waals surface area contributed by atoms with Gasteiger partial charge in [0.15, 0.2) is 5.13 Å². The topological polar surface area (TPSA) is 100 Å². The zero-order valence-electron chi connectivity index (χ0n) is 12.3. The minimum atomic E-state index is -0.363. The van der Waals surface area contributed by atoms with Gasteiger partial charge >= 0.3 is 0 Å². The Bertz CT molecular complexity index is 553. The summed E-state index contributed by atoms with van der Waals surface area (Å²) >= 11 is 1.30. The summed E-state index contributed by atoms with van der Waals surface area (Å²) in [5.41, 5.74) is 5.57. The maximum absolute atomic E-state index is 12.3. The van der Waals surface area contributed by atoms with Crippen LogP contribution in [0.2, 0.25) is 0 Å². The Labute approximate surface area is 128 Å². The molecule has 1 aromatic rings. The van der Waals surface area contributed by atoms with Crippen LogP contribution < -0.4 is 16.4 Å². The molecule has 21 heavy (non-hydrogen) atoms. The van der Waals surface area contributed by atoms with Gasteiger partial charge in [0.2, 0.25) is 0 Å². The van der Waals surface area contributed by atoms with Crippen molar-refractivity contribution in [2.75, 3.05) is 11.1 Å². The molecule has 3 rings (SSSR count). The Hall–Kier alpha value is -1.34. The molecule has 5 N–H and O–H groups in total. The smallest absolute Gasteiger partial charge is 0.265 e. The number of thiazole rings is 1. The van der Waals surface area contributed by atoms with E-state index in [9.17, 15) is 9.90 Å². The second-order valence-electron chi connectivity index (χ2n) is 6.60. The van der Waals surface area contributed by atoms with Crippen LogP contribution in [-0.4, -0.2) is 34.2 Å². The fourth-order valence-electron chi connectivity index (χ4n) is 2.65. The standard InChI is InChI=1S/C14H22N4O2S/c1-14(2)8(6-9(14)19)17-12(20)10-11(15)18-13(21-10)16-7-4-3-5-7/h7-9,19H,3-6,15H2,1-2H3,(H,16,18)(H,17,20). The number of carbonyl (C=O) groups is 1. The molecule has 1 aromatic heterocycles. The van der Waals surface area contributed by atoms with Gasteiger partial charge in [-0.2, -0.15) is 0 Å². The molecular formula is C14H22N4O2S. The third kappa shape index (κ3) is 2.60. The van der Waals surface area contributed by atoms with Gasteiger partial charge in [-0.25, -0.2) is 4.98 Å². The quantitative estimate of drug-likeness (QED) is 0.676. The summed E-state index contributed by atoms with van der Waals surface area (Å²) in [5.74, 6) is 0.0774. The van der Waals surface area contributed by atoms with Crippen LogP contribution in [0.3, 0.4) is 0 Å². The van der Waals surface area contributed by atoms with Crippen LogP contribution in [0.15, 0.2) is 0 Å². The second kappa shape index (κ2) is 5.14. The Kier molecular flexibility index (Phi) is 3.57. The van der Waals surface area contributed by atoms with E-state index < -0.39 is 0 Å². The highest BCUT2D eigenvalue weighted by molar-refractivity contribution is 7.18. The molecule has 2 aliphatic carbocycles. The van der Waals surface area contributed by atoms with Crippen molar-refractivity contribution in [2.45, 2.75) is 57.7 Å². The third-order valence-electron chi connectivity index (χ3n) is 4.81. The van der Waals surface area contributed by atoms with Gasteiger partial charge in [0.1, 0.15) is 10.7 Å². The number of anilines is 2. The maximum Gasteiger partial charge on any atom is 0.265 e. The number of aromatic nitrogens is 1. The fourth-order valence-corrected chi connectivity index (χ4v) is 3.52. The zero-order valence-corrected chi connectivity index (χ0v) is 13.2. The summed E-state index contributed by atoms with van der Waals surface area (Å²) in [6.07, 6.45) is 3.76. The largest absolute Gasteiger partial charge is 0.392 e. The van der Waals surface area contributed by atoms with E-state index in [0.717, 1.165) is 18.0 Å². The lowest BCUT2D eigenvalue weighted by Crippen LogP contribution is -2.61. The van der Waals surface area contributed by atoms with Gasteiger partial charge in [0.05, 0.1) is 6.10 Å². The number of aliphatic hydroxyl groups excluding tert-OH is 1. The number of amides is 1. The number of hydrogen-bond donors (Lipinski definition) is 4. The molecule has 0 saturated heterocycles. The van der Waals surface area contributed by atoms with Gasteiger partial charge in [-0.3, -0.25) is 4.79 Å². The van der Waals surface area contributed by atoms with E-state index in [4.69, 9.17) is 5.73 Å². The van der Waals surface area contributed by atoms with E-state index in [1.807, 2.05) is 13.8 Å². The lowest BCUT2D eigenvalue weighted by molar-refractivity contribution is -0.0689. The van der Waals surface area contributed by atoms with Crippen molar-refractivity contribution < 1.29 is 9.90 Å². The SMILES string of the molecule is CC1(C)C(O)CC1NC(=O)c1sc(NC2CCC2)nc1N. The molecule has 116 valence electrons. The van der Waals surface area contributed by atoms with Crippen LogP contribution in [0.25, 0.3) is 0 Å². The van der Waals surface area contributed by atoms with Crippen molar-refractivity contribution in [1.29, 1.82) is 0 Å². The molecule has 2 atom stereocenters. The summed E-state index contributed by atoms with van der Waals surface area (Å²) in [4.78, 5) is 17.0. The van der Waals surface area contributed by atoms with Crippen LogP contribution in [0.5, 0.6) is 0 Å². The predicted molar refractivity (Wildman–Crippen MR) is 83.4 cm³/mol. The van der Waals surface area contributed by atoms with Gasteiger partial charge < -0.3 is 21.5 Å². The maximum atomic E-state index is 12.3. The van der Waals surface area contributed by atoms with Crippen LogP contribution in [0.1, 0.15) is 49.2 Å². The van der Waals surface area contributed by atoms with E-state index >= 15 is 0 Å². The Morgan fingerprint density at radius 3 is 2.71 bits per heavy atom. The molecule has 0 radical (unpaired) electrons. The first kappa shape index (κ1) is 14.6. The summed E-state index contributed by atoms with van der Waals surface area (Å²) < 4.78 is 0. The monoisotopic (exact) mass is 310 g/mol. The molecule has 0 bridgehead atoms. The van der Waals surface area contributed by atoms with Crippen molar-refractivity contribution in [1.82, 2.24) is 10.3 Å². The summed E-state index contributed by atoms with van der Waals surface area (Å²) in [7, 11) is 0. The summed E-state index contributed by atoms with van der Waals surface area (Å²) in [6.45, 7) is 3.90. The third-order valence-corrected chi connectivity index (χ3v) is 5.81. The van der Waals surface area contributed by atoms with E-state index in [2.05, 4.69) is 15.6 Å². The van der Waals surface area contributed by atoms with Crippen LogP contribution in [0, 0.1) is 5.41 Å². The number of hydrogen-bond acceptors (Lipinski definition) is 6. The molecular weight excluding hydrogens is 288 g/mol. The van der Waals surface area contributed by atoms with Crippen molar-refractivity contribution in [3.63, 3.8) is 0 Å². The highest BCUT2D eigenvalue weighted by Crippen LogP contribution is 2.41. The van der Waals surface area contributed by atoms with Gasteiger partial charge in [-0.05, 0) is 25.7 Å². The number of nitrogens with one attached hydrogen (secondary N) is 2. The van der Waals surface area contributed by atoms with Crippen molar-refractivity contribution in [3.05, 3.63) is 4.88 Å². The average Bonchev–Trinajstić information content (AvgIpc) is 2.75. The summed E-state index contributed by atoms with van der Waals surface area (Å²) in [6, 6.07) is 0.441. The minimum absolute atomic E-state index is 0.0236. The lowest BCUT2D eigenvalue weighted by atomic mass is 9.64. The van der Waals surface area contributed by atoms with Gasteiger partial charge in [0.25, 0.3) is 5.91 Å². The highest BCUT2D eigenvalue weighted by atomic mass is 32.1. The molecule has 2 aliphatic rings. The average molecular weight is 310 g/mol. The first-order chi connectivity index (χ1) is 9.88. The molecule has 2 unspecified atom stereocenters. The summed E-state index contributed by atoms with van der Waals surface area (Å²) in [5, 5.41) is 16.7. The molecule has 2 saturated carbocycles. The number of carbonyl (C=O) groups excluding carboxylic acids is 1. The minimum Gasteiger partial charge on any atom is -0.392 e. The second-order valence-corrected chi connectivity index (χ2v) is 7.60. The van der Waals surface area contributed by atoms with Gasteiger partial charge in [-0.1, -0.05) is 25.2 Å². The number of nitrogens with zero attached hydrogens (tertiary/aromatic N) is 1. The number of nitrogen functional groups attached to an aromatic ring is 1. The molecule has 6 nitrogen and oxygen atoms in total. The predicted octanol–water partition coefficient (Wildman–Crippen LogP) is 1.58. The fraction of sp³-hybridized carbons (Fsp3) is 0.714. The molecule has 0 spiro atoms. The van der Waals surface area contributed by atoms with Crippen molar-refractivity contribution >= 4 is 28.2 Å². The zero-order chi connectivity index (χ0) is 15.2. The van der Waals surface area contributed by atoms with Crippen LogP contribution in [-0.2, 0) is 0 Å².